The Labute approximate surface area is 104 Å². The number of hydrogen-bond acceptors (Lipinski definition) is 2. The van der Waals surface area contributed by atoms with Gasteiger partial charge in [-0.3, -0.25) is 0 Å². The molecule has 1 fully saturated rings. The van der Waals surface area contributed by atoms with Gasteiger partial charge in [0.25, 0.3) is 0 Å². The number of rotatable bonds is 2. The minimum absolute atomic E-state index is 0.331. The van der Waals surface area contributed by atoms with Gasteiger partial charge in [-0.1, -0.05) is 19.9 Å². The maximum Gasteiger partial charge on any atom is 0.142 e. The number of nitrogens with two attached hydrogens (primary N) is 1. The van der Waals surface area contributed by atoms with E-state index in [1.165, 1.54) is 12.0 Å². The van der Waals surface area contributed by atoms with Gasteiger partial charge in [-0.2, -0.15) is 0 Å². The first-order chi connectivity index (χ1) is 8.04. The second kappa shape index (κ2) is 4.99. The summed E-state index contributed by atoms with van der Waals surface area (Å²) in [5.41, 5.74) is 7.90. The lowest BCUT2D eigenvalue weighted by molar-refractivity contribution is 0.102. The summed E-state index contributed by atoms with van der Waals surface area (Å²) in [4.78, 5) is 0. The molecule has 2 nitrogen and oxygen atoms in total. The molecule has 0 bridgehead atoms. The standard InChI is InChI=1S/C15H23NO/c1-10-4-5-14(16)15(9-10)17-13-7-11(2)6-12(3)8-13/h4-5,9,11-13H,6-8,16H2,1-3H3. The van der Waals surface area contributed by atoms with E-state index < -0.39 is 0 Å². The molecule has 0 aromatic heterocycles. The summed E-state index contributed by atoms with van der Waals surface area (Å²) in [6, 6.07) is 5.99. The third kappa shape index (κ3) is 3.15. The number of aryl methyl sites for hydroxylation is 1. The molecule has 2 atom stereocenters. The number of benzene rings is 1. The zero-order valence-corrected chi connectivity index (χ0v) is 11.1. The quantitative estimate of drug-likeness (QED) is 0.789. The van der Waals surface area contributed by atoms with Crippen molar-refractivity contribution in [1.29, 1.82) is 0 Å². The first-order valence-electron chi connectivity index (χ1n) is 6.57. The van der Waals surface area contributed by atoms with Gasteiger partial charge in [0.15, 0.2) is 0 Å². The Hall–Kier alpha value is -1.18. The van der Waals surface area contributed by atoms with E-state index in [0.717, 1.165) is 36.1 Å². The van der Waals surface area contributed by atoms with Crippen molar-refractivity contribution in [3.05, 3.63) is 23.8 Å². The molecule has 0 heterocycles. The Balaban J connectivity index is 2.07. The summed E-state index contributed by atoms with van der Waals surface area (Å²) < 4.78 is 6.08. The Morgan fingerprint density at radius 1 is 1.12 bits per heavy atom. The number of anilines is 1. The maximum atomic E-state index is 6.08. The second-order valence-electron chi connectivity index (χ2n) is 5.70. The average molecular weight is 233 g/mol. The molecule has 1 saturated carbocycles. The number of ether oxygens (including phenoxy) is 1. The van der Waals surface area contributed by atoms with Crippen molar-refractivity contribution in [3.8, 4) is 5.75 Å². The van der Waals surface area contributed by atoms with Crippen LogP contribution >= 0.6 is 0 Å². The van der Waals surface area contributed by atoms with Crippen LogP contribution in [0.5, 0.6) is 5.75 Å². The van der Waals surface area contributed by atoms with Gasteiger partial charge in [-0.05, 0) is 55.7 Å². The van der Waals surface area contributed by atoms with Crippen LogP contribution in [-0.2, 0) is 0 Å². The van der Waals surface area contributed by atoms with Gasteiger partial charge in [-0.15, -0.1) is 0 Å². The molecule has 1 aromatic rings. The van der Waals surface area contributed by atoms with Crippen molar-refractivity contribution in [3.63, 3.8) is 0 Å². The normalized spacial score (nSPS) is 29.0. The van der Waals surface area contributed by atoms with Crippen LogP contribution in [0, 0.1) is 18.8 Å². The van der Waals surface area contributed by atoms with Crippen LogP contribution in [0.3, 0.4) is 0 Å². The average Bonchev–Trinajstić information content (AvgIpc) is 2.22. The van der Waals surface area contributed by atoms with Crippen molar-refractivity contribution in [2.75, 3.05) is 5.73 Å². The van der Waals surface area contributed by atoms with E-state index in [9.17, 15) is 0 Å². The summed E-state index contributed by atoms with van der Waals surface area (Å²) in [6.45, 7) is 6.69. The summed E-state index contributed by atoms with van der Waals surface area (Å²) in [6.07, 6.45) is 3.95. The van der Waals surface area contributed by atoms with Gasteiger partial charge in [-0.25, -0.2) is 0 Å². The van der Waals surface area contributed by atoms with Gasteiger partial charge in [0, 0.05) is 0 Å². The Morgan fingerprint density at radius 3 is 2.41 bits per heavy atom. The van der Waals surface area contributed by atoms with Crippen LogP contribution in [0.1, 0.15) is 38.7 Å². The maximum absolute atomic E-state index is 6.08. The fraction of sp³-hybridized carbons (Fsp3) is 0.600. The third-order valence-electron chi connectivity index (χ3n) is 3.60. The van der Waals surface area contributed by atoms with E-state index in [-0.39, 0.29) is 0 Å². The molecular formula is C15H23NO. The lowest BCUT2D eigenvalue weighted by Gasteiger charge is -2.32. The summed E-state index contributed by atoms with van der Waals surface area (Å²) in [7, 11) is 0. The van der Waals surface area contributed by atoms with Crippen LogP contribution in [0.25, 0.3) is 0 Å². The van der Waals surface area contributed by atoms with E-state index in [0.29, 0.717) is 6.10 Å². The van der Waals surface area contributed by atoms with E-state index in [1.807, 2.05) is 18.2 Å². The van der Waals surface area contributed by atoms with Crippen molar-refractivity contribution in [2.24, 2.45) is 11.8 Å². The third-order valence-corrected chi connectivity index (χ3v) is 3.60. The topological polar surface area (TPSA) is 35.2 Å². The first-order valence-corrected chi connectivity index (χ1v) is 6.57. The van der Waals surface area contributed by atoms with Gasteiger partial charge in [0.1, 0.15) is 5.75 Å². The van der Waals surface area contributed by atoms with E-state index >= 15 is 0 Å². The molecule has 0 radical (unpaired) electrons. The zero-order valence-electron chi connectivity index (χ0n) is 11.1. The Kier molecular flexibility index (Phi) is 3.60. The molecule has 94 valence electrons. The SMILES string of the molecule is Cc1ccc(N)c(OC2CC(C)CC(C)C2)c1. The molecule has 2 heteroatoms. The highest BCUT2D eigenvalue weighted by atomic mass is 16.5. The summed E-state index contributed by atoms with van der Waals surface area (Å²) in [5, 5.41) is 0. The van der Waals surface area contributed by atoms with Gasteiger partial charge in [0.2, 0.25) is 0 Å². The fourth-order valence-electron chi connectivity index (χ4n) is 2.89. The van der Waals surface area contributed by atoms with E-state index in [2.05, 4.69) is 20.8 Å². The van der Waals surface area contributed by atoms with Crippen LogP contribution in [-0.4, -0.2) is 6.10 Å². The fourth-order valence-corrected chi connectivity index (χ4v) is 2.89. The highest BCUT2D eigenvalue weighted by Gasteiger charge is 2.25. The highest BCUT2D eigenvalue weighted by molar-refractivity contribution is 5.53. The van der Waals surface area contributed by atoms with E-state index in [1.54, 1.807) is 0 Å². The summed E-state index contributed by atoms with van der Waals surface area (Å²) in [5.74, 6) is 2.38. The minimum Gasteiger partial charge on any atom is -0.488 e. The molecule has 0 aliphatic heterocycles. The van der Waals surface area contributed by atoms with Crippen molar-refractivity contribution in [2.45, 2.75) is 46.1 Å². The number of hydrogen-bond donors (Lipinski definition) is 1. The molecule has 1 aliphatic rings. The summed E-state index contributed by atoms with van der Waals surface area (Å²) >= 11 is 0. The number of nitrogen functional groups attached to an aromatic ring is 1. The Morgan fingerprint density at radius 2 is 1.76 bits per heavy atom. The smallest absolute Gasteiger partial charge is 0.142 e. The molecule has 1 aliphatic carbocycles. The molecule has 2 unspecified atom stereocenters. The zero-order chi connectivity index (χ0) is 12.4. The molecular weight excluding hydrogens is 210 g/mol. The highest BCUT2D eigenvalue weighted by Crippen LogP contribution is 2.33. The molecule has 2 rings (SSSR count). The Bertz CT molecular complexity index is 379. The first kappa shape index (κ1) is 12.3. The van der Waals surface area contributed by atoms with Crippen LogP contribution in [0.15, 0.2) is 18.2 Å². The molecule has 0 spiro atoms. The second-order valence-corrected chi connectivity index (χ2v) is 5.70. The van der Waals surface area contributed by atoms with Crippen molar-refractivity contribution in [1.82, 2.24) is 0 Å². The lowest BCUT2D eigenvalue weighted by Crippen LogP contribution is -2.28. The van der Waals surface area contributed by atoms with Crippen LogP contribution in [0.4, 0.5) is 5.69 Å². The predicted molar refractivity (Wildman–Crippen MR) is 72.2 cm³/mol. The lowest BCUT2D eigenvalue weighted by atomic mass is 9.82. The van der Waals surface area contributed by atoms with Gasteiger partial charge >= 0.3 is 0 Å². The molecule has 17 heavy (non-hydrogen) atoms. The largest absolute Gasteiger partial charge is 0.488 e. The van der Waals surface area contributed by atoms with E-state index in [4.69, 9.17) is 10.5 Å². The molecule has 2 N–H and O–H groups in total. The van der Waals surface area contributed by atoms with Crippen LogP contribution < -0.4 is 10.5 Å². The predicted octanol–water partition coefficient (Wildman–Crippen LogP) is 3.78. The minimum atomic E-state index is 0.331. The molecule has 1 aromatic carbocycles. The van der Waals surface area contributed by atoms with Crippen LogP contribution in [0.2, 0.25) is 0 Å². The van der Waals surface area contributed by atoms with Gasteiger partial charge < -0.3 is 10.5 Å². The van der Waals surface area contributed by atoms with Crippen molar-refractivity contribution < 1.29 is 4.74 Å². The van der Waals surface area contributed by atoms with Gasteiger partial charge in [0.05, 0.1) is 11.8 Å². The monoisotopic (exact) mass is 233 g/mol. The van der Waals surface area contributed by atoms with Crippen molar-refractivity contribution >= 4 is 5.69 Å². The molecule has 0 amide bonds. The molecule has 0 saturated heterocycles.